The predicted molar refractivity (Wildman–Crippen MR) is 294 cm³/mol. The number of aliphatic imine (C=N–C) groups is 1. The fraction of sp³-hybridized carbons (Fsp3) is 0.345. The summed E-state index contributed by atoms with van der Waals surface area (Å²) in [5.41, 5.74) is 3.23. The van der Waals surface area contributed by atoms with E-state index >= 15 is 0 Å². The molecule has 0 aliphatic carbocycles. The lowest BCUT2D eigenvalue weighted by molar-refractivity contribution is -0.0910. The highest BCUT2D eigenvalue weighted by atomic mass is 31.2. The number of methoxy groups -OCH3 is 2. The van der Waals surface area contributed by atoms with Gasteiger partial charge in [-0.1, -0.05) is 119 Å². The Labute approximate surface area is 446 Å². The minimum absolute atomic E-state index is 0.0293. The Balaban J connectivity index is 1.23. The molecule has 0 saturated carbocycles. The number of nitriles is 1. The summed E-state index contributed by atoms with van der Waals surface area (Å²) >= 11 is 0. The molecule has 0 spiro atoms. The minimum Gasteiger partial charge on any atom is -0.497 e. The highest BCUT2D eigenvalue weighted by Crippen LogP contribution is 2.50. The smallest absolute Gasteiger partial charge is 0.426 e. The van der Waals surface area contributed by atoms with Crippen LogP contribution in [0.1, 0.15) is 63.5 Å². The van der Waals surface area contributed by atoms with Crippen LogP contribution in [0.15, 0.2) is 151 Å². The van der Waals surface area contributed by atoms with Gasteiger partial charge in [0.15, 0.2) is 17.0 Å². The van der Waals surface area contributed by atoms with Crippen LogP contribution >= 0.6 is 8.53 Å². The normalized spacial score (nSPS) is 16.1. The summed E-state index contributed by atoms with van der Waals surface area (Å²) in [6.07, 6.45) is 0.881. The van der Waals surface area contributed by atoms with Crippen LogP contribution in [-0.4, -0.2) is 108 Å². The molecule has 396 valence electrons. The van der Waals surface area contributed by atoms with Gasteiger partial charge in [-0.3, -0.25) is 4.57 Å². The van der Waals surface area contributed by atoms with Crippen LogP contribution in [0.25, 0.3) is 11.2 Å². The maximum Gasteiger partial charge on any atom is 0.426 e. The van der Waals surface area contributed by atoms with Crippen LogP contribution in [0.3, 0.4) is 0 Å². The summed E-state index contributed by atoms with van der Waals surface area (Å²) in [4.78, 5) is 36.5. The van der Waals surface area contributed by atoms with Crippen LogP contribution in [0.5, 0.6) is 17.5 Å². The second-order valence-electron chi connectivity index (χ2n) is 19.2. The zero-order chi connectivity index (χ0) is 53.6. The lowest BCUT2D eigenvalue weighted by Crippen LogP contribution is -2.39. The number of amides is 1. The number of rotatable bonds is 24. The van der Waals surface area contributed by atoms with Gasteiger partial charge in [-0.2, -0.15) is 15.2 Å². The standard InChI is InChI=1S/C58H66N9O8P/c1-41(2)36-65(37-42(3)4)76(72-34-18-33-59)75-50-35-52(73-51(50)38-71-58(43-19-12-9-13-20-43,44-25-29-48(69-7)30-26-44)45-27-31-49(70-8)32-28-45)66-40-60-53-54(61-39-64(5)6)62-56(63-55(53)66)74-57(68)67(46-21-14-10-15-22-46)47-23-16-11-17-24-47/h9-17,19-32,39-42,50-52H,18,34-38H2,1-8H3/t50?,51-,52-,76?/m1/s1. The van der Waals surface area contributed by atoms with E-state index in [9.17, 15) is 10.1 Å². The number of carbonyl (C=O) groups excluding carboxylic acids is 1. The molecule has 17 nitrogen and oxygen atoms in total. The fourth-order valence-corrected chi connectivity index (χ4v) is 10.9. The molecule has 0 bridgehead atoms. The van der Waals surface area contributed by atoms with E-state index in [1.165, 1.54) is 4.90 Å². The summed E-state index contributed by atoms with van der Waals surface area (Å²) in [5, 5.41) is 9.64. The van der Waals surface area contributed by atoms with E-state index in [1.54, 1.807) is 36.4 Å². The number of hydrogen-bond donors (Lipinski definition) is 0. The summed E-state index contributed by atoms with van der Waals surface area (Å²) < 4.78 is 49.8. The van der Waals surface area contributed by atoms with Crippen LogP contribution in [-0.2, 0) is 24.1 Å². The third-order valence-electron chi connectivity index (χ3n) is 12.3. The zero-order valence-corrected chi connectivity index (χ0v) is 45.2. The van der Waals surface area contributed by atoms with E-state index in [2.05, 4.69) is 60.5 Å². The Hall–Kier alpha value is -7.29. The SMILES string of the molecule is COc1ccc(C(OC[C@H]2O[C@@H](n3cnc4c(N=CN(C)C)nc(OC(=O)N(c5ccccc5)c5ccccc5)nc43)CC2OP(OCCC#N)N(CC(C)C)CC(C)C)(c2ccccc2)c2ccc(OC)cc2)cc1. The van der Waals surface area contributed by atoms with E-state index in [0.717, 1.165) is 16.7 Å². The van der Waals surface area contributed by atoms with Crippen molar-refractivity contribution in [1.82, 2.24) is 29.1 Å². The first-order valence-electron chi connectivity index (χ1n) is 25.3. The first-order valence-corrected chi connectivity index (χ1v) is 26.5. The van der Waals surface area contributed by atoms with Crippen molar-refractivity contribution in [1.29, 1.82) is 5.26 Å². The minimum atomic E-state index is -1.73. The number of hydrogen-bond acceptors (Lipinski definition) is 14. The molecular formula is C58H66N9O8P. The Kier molecular flexibility index (Phi) is 18.8. The first kappa shape index (κ1) is 55.0. The third kappa shape index (κ3) is 13.2. The number of para-hydroxylation sites is 2. The van der Waals surface area contributed by atoms with Crippen LogP contribution in [0, 0.1) is 23.2 Å². The van der Waals surface area contributed by atoms with Gasteiger partial charge in [0, 0.05) is 33.6 Å². The van der Waals surface area contributed by atoms with Gasteiger partial charge in [0.1, 0.15) is 29.4 Å². The quantitative estimate of drug-likeness (QED) is 0.0184. The Morgan fingerprint density at radius 1 is 0.816 bits per heavy atom. The maximum absolute atomic E-state index is 14.4. The van der Waals surface area contributed by atoms with Crippen molar-refractivity contribution >= 4 is 49.3 Å². The lowest BCUT2D eigenvalue weighted by atomic mass is 9.80. The van der Waals surface area contributed by atoms with E-state index in [0.29, 0.717) is 53.5 Å². The van der Waals surface area contributed by atoms with Gasteiger partial charge in [-0.15, -0.1) is 0 Å². The number of aromatic nitrogens is 4. The van der Waals surface area contributed by atoms with Gasteiger partial charge in [0.25, 0.3) is 8.53 Å². The van der Waals surface area contributed by atoms with Crippen molar-refractivity contribution in [3.63, 3.8) is 0 Å². The van der Waals surface area contributed by atoms with Gasteiger partial charge in [-0.05, 0) is 77.1 Å². The molecule has 1 aliphatic rings. The molecule has 1 fully saturated rings. The van der Waals surface area contributed by atoms with Crippen molar-refractivity contribution in [2.45, 2.75) is 64.6 Å². The van der Waals surface area contributed by atoms with Crippen LogP contribution in [0.4, 0.5) is 22.0 Å². The Morgan fingerprint density at radius 3 is 1.89 bits per heavy atom. The molecule has 4 atom stereocenters. The third-order valence-corrected chi connectivity index (χ3v) is 14.0. The highest BCUT2D eigenvalue weighted by molar-refractivity contribution is 7.44. The first-order chi connectivity index (χ1) is 36.9. The van der Waals surface area contributed by atoms with Crippen molar-refractivity contribution in [2.75, 3.05) is 59.5 Å². The van der Waals surface area contributed by atoms with Crippen molar-refractivity contribution < 1.29 is 37.5 Å². The summed E-state index contributed by atoms with van der Waals surface area (Å²) in [7, 11) is 5.23. The number of fused-ring (bicyclic) bond motifs is 1. The number of benzene rings is 5. The number of ether oxygens (including phenoxy) is 5. The molecule has 5 aromatic carbocycles. The summed E-state index contributed by atoms with van der Waals surface area (Å²) in [5.74, 6) is 2.15. The summed E-state index contributed by atoms with van der Waals surface area (Å²) in [6, 6.07) is 46.2. The average Bonchev–Trinajstić information content (AvgIpc) is 4.07. The van der Waals surface area contributed by atoms with Gasteiger partial charge < -0.3 is 37.6 Å². The van der Waals surface area contributed by atoms with Gasteiger partial charge in [0.2, 0.25) is 0 Å². The Morgan fingerprint density at radius 2 is 1.37 bits per heavy atom. The molecule has 1 aliphatic heterocycles. The average molecular weight is 1050 g/mol. The van der Waals surface area contributed by atoms with Gasteiger partial charge >= 0.3 is 12.1 Å². The summed E-state index contributed by atoms with van der Waals surface area (Å²) in [6.45, 7) is 10.3. The number of carbonyl (C=O) groups is 1. The lowest BCUT2D eigenvalue weighted by Gasteiger charge is -2.38. The monoisotopic (exact) mass is 1050 g/mol. The highest BCUT2D eigenvalue weighted by Gasteiger charge is 2.45. The van der Waals surface area contributed by atoms with Crippen molar-refractivity contribution in [3.8, 4) is 23.6 Å². The van der Waals surface area contributed by atoms with Crippen molar-refractivity contribution in [2.24, 2.45) is 16.8 Å². The number of nitrogens with zero attached hydrogens (tertiary/aromatic N) is 9. The van der Waals surface area contributed by atoms with E-state index in [4.69, 9.17) is 42.7 Å². The van der Waals surface area contributed by atoms with Crippen LogP contribution in [0.2, 0.25) is 0 Å². The van der Waals surface area contributed by atoms with E-state index in [-0.39, 0.29) is 43.3 Å². The molecule has 18 heteroatoms. The molecule has 2 unspecified atom stereocenters. The second kappa shape index (κ2) is 26.0. The molecule has 8 rings (SSSR count). The van der Waals surface area contributed by atoms with Gasteiger partial charge in [0.05, 0.1) is 70.1 Å². The molecule has 7 aromatic rings. The van der Waals surface area contributed by atoms with Crippen LogP contribution < -0.4 is 19.1 Å². The number of anilines is 2. The maximum atomic E-state index is 14.4. The zero-order valence-electron chi connectivity index (χ0n) is 44.3. The molecule has 2 aromatic heterocycles. The topological polar surface area (TPSA) is 171 Å². The van der Waals surface area contributed by atoms with E-state index in [1.807, 2.05) is 141 Å². The van der Waals surface area contributed by atoms with E-state index < -0.39 is 38.7 Å². The fourth-order valence-electron chi connectivity index (χ4n) is 8.96. The molecule has 0 radical (unpaired) electrons. The second-order valence-corrected chi connectivity index (χ2v) is 20.7. The predicted octanol–water partition coefficient (Wildman–Crippen LogP) is 11.9. The van der Waals surface area contributed by atoms with Gasteiger partial charge in [-0.25, -0.2) is 24.3 Å². The molecular weight excluding hydrogens is 982 g/mol. The largest absolute Gasteiger partial charge is 0.497 e. The molecule has 0 N–H and O–H groups in total. The molecule has 76 heavy (non-hydrogen) atoms. The number of imidazole rings is 1. The molecule has 1 amide bonds. The Bertz CT molecular complexity index is 2920. The molecule has 1 saturated heterocycles. The van der Waals surface area contributed by atoms with Crippen molar-refractivity contribution in [3.05, 3.63) is 163 Å². The molecule has 3 heterocycles.